The molecule has 0 unspecified atom stereocenters. The molecule has 180 valence electrons. The van der Waals surface area contributed by atoms with Gasteiger partial charge in [0.15, 0.2) is 0 Å². The number of nitrogens with one attached hydrogen (secondary N) is 1. The number of thioether (sulfide) groups is 2. The van der Waals surface area contributed by atoms with Gasteiger partial charge in [-0.2, -0.15) is 0 Å². The molecule has 10 heteroatoms. The molecule has 0 bridgehead atoms. The summed E-state index contributed by atoms with van der Waals surface area (Å²) >= 11 is 2.70. The molecular weight excluding hydrogens is 476 g/mol. The highest BCUT2D eigenvalue weighted by atomic mass is 32.2. The van der Waals surface area contributed by atoms with E-state index in [4.69, 9.17) is 15.9 Å². The Morgan fingerprint density at radius 1 is 1.24 bits per heavy atom. The molecular formula is C24H26N2O6S2. The van der Waals surface area contributed by atoms with Crippen LogP contribution in [0.15, 0.2) is 40.9 Å². The van der Waals surface area contributed by atoms with Crippen LogP contribution >= 0.6 is 23.5 Å². The fourth-order valence-electron chi connectivity index (χ4n) is 3.25. The van der Waals surface area contributed by atoms with Gasteiger partial charge in [0.1, 0.15) is 17.1 Å². The first-order chi connectivity index (χ1) is 16.1. The van der Waals surface area contributed by atoms with E-state index in [9.17, 15) is 19.2 Å². The lowest BCUT2D eigenvalue weighted by Crippen LogP contribution is -2.70. The molecule has 2 amide bonds. The number of terminal acetylenes is 1. The summed E-state index contributed by atoms with van der Waals surface area (Å²) in [5.74, 6) is 1.26. The van der Waals surface area contributed by atoms with Crippen molar-refractivity contribution in [2.75, 3.05) is 18.3 Å². The summed E-state index contributed by atoms with van der Waals surface area (Å²) < 4.78 is 10.2. The number of rotatable bonds is 8. The molecule has 2 aliphatic rings. The fourth-order valence-corrected chi connectivity index (χ4v) is 5.55. The van der Waals surface area contributed by atoms with Crippen molar-refractivity contribution in [3.8, 4) is 12.3 Å². The molecule has 1 aromatic carbocycles. The maximum absolute atomic E-state index is 13.0. The molecule has 2 heterocycles. The number of β-lactam (4-membered cyclic amide) rings is 1. The average Bonchev–Trinajstić information content (AvgIpc) is 2.80. The third-order valence-corrected chi connectivity index (χ3v) is 7.43. The largest absolute Gasteiger partial charge is 0.427 e. The monoisotopic (exact) mass is 502 g/mol. The van der Waals surface area contributed by atoms with Crippen molar-refractivity contribution in [1.29, 1.82) is 0 Å². The fraction of sp³-hybridized carbons (Fsp3) is 0.417. The van der Waals surface area contributed by atoms with Crippen LogP contribution in [0.1, 0.15) is 26.3 Å². The van der Waals surface area contributed by atoms with E-state index in [1.807, 2.05) is 30.3 Å². The Kier molecular flexibility index (Phi) is 8.33. The van der Waals surface area contributed by atoms with Crippen molar-refractivity contribution >= 4 is 47.3 Å². The number of ether oxygens (including phenoxy) is 2. The van der Waals surface area contributed by atoms with Gasteiger partial charge in [-0.05, 0) is 26.3 Å². The molecule has 3 rings (SSSR count). The van der Waals surface area contributed by atoms with Crippen molar-refractivity contribution in [2.24, 2.45) is 5.41 Å². The molecule has 1 aromatic rings. The Bertz CT molecular complexity index is 1040. The lowest BCUT2D eigenvalue weighted by atomic mass is 9.98. The maximum atomic E-state index is 13.0. The van der Waals surface area contributed by atoms with E-state index in [2.05, 4.69) is 11.2 Å². The first-order valence-corrected chi connectivity index (χ1v) is 12.6. The zero-order chi connectivity index (χ0) is 24.9. The third kappa shape index (κ3) is 5.96. The van der Waals surface area contributed by atoms with Crippen LogP contribution in [0.25, 0.3) is 0 Å². The molecule has 1 saturated heterocycles. The van der Waals surface area contributed by atoms with Crippen molar-refractivity contribution in [1.82, 2.24) is 10.2 Å². The highest BCUT2D eigenvalue weighted by Crippen LogP contribution is 2.43. The third-order valence-electron chi connectivity index (χ3n) is 4.97. The van der Waals surface area contributed by atoms with E-state index in [0.717, 1.165) is 5.56 Å². The number of carbonyl (C=O) groups excluding carboxylic acids is 4. The number of carbonyl (C=O) groups is 4. The van der Waals surface area contributed by atoms with Gasteiger partial charge in [0.2, 0.25) is 12.7 Å². The standard InChI is InChI=1S/C24H26N2O6S2/c1-5-11-33-16-13-34-21-18(25-17(27)12-15-9-7-6-8-10-15)20(28)26(21)19(16)22(29)31-14-32-23(30)24(2,3)4/h1,6-10,18,21H,11-14H2,2-4H3,(H,25,27)/t18-,21+/m1/s1. The second-order valence-corrected chi connectivity index (χ2v) is 10.8. The first-order valence-electron chi connectivity index (χ1n) is 10.5. The van der Waals surface area contributed by atoms with Crippen LogP contribution in [0.2, 0.25) is 0 Å². The lowest BCUT2D eigenvalue weighted by molar-refractivity contribution is -0.173. The number of fused-ring (bicyclic) bond motifs is 1. The number of hydrogen-bond acceptors (Lipinski definition) is 8. The minimum atomic E-state index is -0.783. The highest BCUT2D eigenvalue weighted by molar-refractivity contribution is 8.06. The van der Waals surface area contributed by atoms with Gasteiger partial charge >= 0.3 is 11.9 Å². The molecule has 0 radical (unpaired) electrons. The summed E-state index contributed by atoms with van der Waals surface area (Å²) in [6, 6.07) is 8.46. The van der Waals surface area contributed by atoms with E-state index < -0.39 is 41.5 Å². The van der Waals surface area contributed by atoms with Gasteiger partial charge in [-0.3, -0.25) is 19.3 Å². The van der Waals surface area contributed by atoms with Gasteiger partial charge in [-0.15, -0.1) is 29.9 Å². The molecule has 34 heavy (non-hydrogen) atoms. The number of amides is 2. The normalized spacial score (nSPS) is 19.5. The molecule has 2 atom stereocenters. The SMILES string of the molecule is C#CCSC1=C(C(=O)OCOC(=O)C(C)(C)C)N2C(=O)[C@@H](NC(=O)Cc3ccccc3)[C@@H]2SC1. The van der Waals surface area contributed by atoms with Gasteiger partial charge in [-0.1, -0.05) is 36.3 Å². The Morgan fingerprint density at radius 3 is 2.59 bits per heavy atom. The number of esters is 2. The van der Waals surface area contributed by atoms with Crippen LogP contribution in [0.3, 0.4) is 0 Å². The summed E-state index contributed by atoms with van der Waals surface area (Å²) in [5.41, 5.74) is 0.168. The van der Waals surface area contributed by atoms with Crippen molar-refractivity contribution in [3.63, 3.8) is 0 Å². The second-order valence-electron chi connectivity index (χ2n) is 8.61. The lowest BCUT2D eigenvalue weighted by Gasteiger charge is -2.49. The quantitative estimate of drug-likeness (QED) is 0.250. The predicted molar refractivity (Wildman–Crippen MR) is 130 cm³/mol. The van der Waals surface area contributed by atoms with Crippen LogP contribution < -0.4 is 5.32 Å². The Labute approximate surface area is 207 Å². The molecule has 2 aliphatic heterocycles. The van der Waals surface area contributed by atoms with E-state index >= 15 is 0 Å². The van der Waals surface area contributed by atoms with Crippen LogP contribution in [0.5, 0.6) is 0 Å². The summed E-state index contributed by atoms with van der Waals surface area (Å²) in [5, 5.41) is 2.33. The minimum absolute atomic E-state index is 0.0781. The molecule has 1 N–H and O–H groups in total. The zero-order valence-electron chi connectivity index (χ0n) is 19.2. The summed E-state index contributed by atoms with van der Waals surface area (Å²) in [6.07, 6.45) is 5.51. The average molecular weight is 503 g/mol. The molecule has 1 fully saturated rings. The predicted octanol–water partition coefficient (Wildman–Crippen LogP) is 2.30. The Hall–Kier alpha value is -2.90. The van der Waals surface area contributed by atoms with Crippen LogP contribution in [0.4, 0.5) is 0 Å². The van der Waals surface area contributed by atoms with Crippen molar-refractivity contribution in [2.45, 2.75) is 38.6 Å². The van der Waals surface area contributed by atoms with E-state index in [1.165, 1.54) is 28.4 Å². The van der Waals surface area contributed by atoms with Crippen LogP contribution in [-0.2, 0) is 35.1 Å². The van der Waals surface area contributed by atoms with Gasteiger partial charge in [0.25, 0.3) is 5.91 Å². The van der Waals surface area contributed by atoms with Crippen LogP contribution in [0, 0.1) is 17.8 Å². The maximum Gasteiger partial charge on any atom is 0.358 e. The van der Waals surface area contributed by atoms with Gasteiger partial charge < -0.3 is 14.8 Å². The zero-order valence-corrected chi connectivity index (χ0v) is 20.8. The summed E-state index contributed by atoms with van der Waals surface area (Å²) in [4.78, 5) is 52.2. The molecule has 0 saturated carbocycles. The van der Waals surface area contributed by atoms with E-state index in [0.29, 0.717) is 16.4 Å². The van der Waals surface area contributed by atoms with Crippen molar-refractivity contribution in [3.05, 3.63) is 46.5 Å². The summed E-state index contributed by atoms with van der Waals surface area (Å²) in [6.45, 7) is 4.48. The molecule has 0 aromatic heterocycles. The molecule has 0 aliphatic carbocycles. The van der Waals surface area contributed by atoms with Gasteiger partial charge in [0, 0.05) is 10.7 Å². The van der Waals surface area contributed by atoms with Gasteiger partial charge in [-0.25, -0.2) is 4.79 Å². The van der Waals surface area contributed by atoms with Gasteiger partial charge in [0.05, 0.1) is 17.6 Å². The number of benzene rings is 1. The smallest absolute Gasteiger partial charge is 0.358 e. The Balaban J connectivity index is 1.68. The summed E-state index contributed by atoms with van der Waals surface area (Å²) in [7, 11) is 0. The van der Waals surface area contributed by atoms with E-state index in [-0.39, 0.29) is 18.0 Å². The van der Waals surface area contributed by atoms with Crippen LogP contribution in [-0.4, -0.2) is 58.4 Å². The van der Waals surface area contributed by atoms with Crippen molar-refractivity contribution < 1.29 is 28.7 Å². The Morgan fingerprint density at radius 2 is 1.94 bits per heavy atom. The minimum Gasteiger partial charge on any atom is -0.427 e. The highest BCUT2D eigenvalue weighted by Gasteiger charge is 2.54. The first kappa shape index (κ1) is 25.7. The topological polar surface area (TPSA) is 102 Å². The second kappa shape index (κ2) is 11.0. The number of hydrogen-bond donors (Lipinski definition) is 1. The molecule has 8 nitrogen and oxygen atoms in total. The molecule has 0 spiro atoms. The van der Waals surface area contributed by atoms with E-state index in [1.54, 1.807) is 20.8 Å². The number of nitrogens with zero attached hydrogens (tertiary/aromatic N) is 1.